The van der Waals surface area contributed by atoms with E-state index in [2.05, 4.69) is 16.0 Å². The van der Waals surface area contributed by atoms with Gasteiger partial charge in [0.1, 0.15) is 5.54 Å². The molecule has 0 spiro atoms. The third-order valence-electron chi connectivity index (χ3n) is 5.45. The predicted molar refractivity (Wildman–Crippen MR) is 116 cm³/mol. The first-order chi connectivity index (χ1) is 14.0. The van der Waals surface area contributed by atoms with Gasteiger partial charge in [-0.1, -0.05) is 55.3 Å². The highest BCUT2D eigenvalue weighted by Gasteiger charge is 2.42. The molecule has 1 saturated carbocycles. The number of nitrogens with zero attached hydrogens (tertiary/aromatic N) is 1. The van der Waals surface area contributed by atoms with E-state index in [9.17, 15) is 9.59 Å². The summed E-state index contributed by atoms with van der Waals surface area (Å²) < 4.78 is 0. The molecule has 2 aromatic carbocycles. The third kappa shape index (κ3) is 5.50. The zero-order valence-corrected chi connectivity index (χ0v) is 17.2. The fourth-order valence-corrected chi connectivity index (χ4v) is 3.69. The Balaban J connectivity index is 1.55. The van der Waals surface area contributed by atoms with E-state index in [0.717, 1.165) is 29.7 Å². The summed E-state index contributed by atoms with van der Waals surface area (Å²) in [5.41, 5.74) is 2.34. The Kier molecular flexibility index (Phi) is 6.75. The van der Waals surface area contributed by atoms with Crippen molar-refractivity contribution in [2.75, 3.05) is 19.0 Å². The van der Waals surface area contributed by atoms with Crippen LogP contribution < -0.4 is 20.9 Å². The summed E-state index contributed by atoms with van der Waals surface area (Å²) in [7, 11) is 3.99. The summed E-state index contributed by atoms with van der Waals surface area (Å²) in [6.07, 6.45) is 3.20. The van der Waals surface area contributed by atoms with Crippen LogP contribution in [0.1, 0.15) is 36.8 Å². The molecule has 0 unspecified atom stereocenters. The highest BCUT2D eigenvalue weighted by Crippen LogP contribution is 2.30. The summed E-state index contributed by atoms with van der Waals surface area (Å²) in [4.78, 5) is 27.4. The van der Waals surface area contributed by atoms with Crippen LogP contribution in [0.15, 0.2) is 54.6 Å². The second-order valence-corrected chi connectivity index (χ2v) is 7.83. The summed E-state index contributed by atoms with van der Waals surface area (Å²) in [5.74, 6) is -0.110. The number of anilines is 1. The van der Waals surface area contributed by atoms with Crippen molar-refractivity contribution in [1.82, 2.24) is 16.0 Å². The molecule has 0 radical (unpaired) electrons. The van der Waals surface area contributed by atoms with Crippen LogP contribution in [0.4, 0.5) is 10.5 Å². The standard InChI is InChI=1S/C23H30N4O2/c1-27(2)20-12-10-19(11-13-20)16-24-21(28)23(14-6-7-15-23)26-22(29)25-17-18-8-4-3-5-9-18/h3-5,8-13H,6-7,14-17H2,1-2H3,(H,24,28)(H2,25,26,29). The molecule has 3 rings (SSSR count). The lowest BCUT2D eigenvalue weighted by atomic mass is 9.96. The molecule has 1 fully saturated rings. The van der Waals surface area contributed by atoms with Crippen molar-refractivity contribution in [3.8, 4) is 0 Å². The van der Waals surface area contributed by atoms with Crippen molar-refractivity contribution in [2.24, 2.45) is 0 Å². The molecule has 6 nitrogen and oxygen atoms in total. The number of hydrogen-bond acceptors (Lipinski definition) is 3. The Morgan fingerprint density at radius 1 is 0.862 bits per heavy atom. The molecule has 0 saturated heterocycles. The molecule has 154 valence electrons. The zero-order valence-electron chi connectivity index (χ0n) is 17.2. The molecule has 2 aromatic rings. The van der Waals surface area contributed by atoms with Gasteiger partial charge >= 0.3 is 6.03 Å². The van der Waals surface area contributed by atoms with E-state index in [1.165, 1.54) is 0 Å². The SMILES string of the molecule is CN(C)c1ccc(CNC(=O)C2(NC(=O)NCc3ccccc3)CCCC2)cc1. The van der Waals surface area contributed by atoms with Crippen LogP contribution >= 0.6 is 0 Å². The van der Waals surface area contributed by atoms with Gasteiger partial charge in [0.25, 0.3) is 0 Å². The molecule has 0 aromatic heterocycles. The van der Waals surface area contributed by atoms with E-state index in [1.54, 1.807) is 0 Å². The lowest BCUT2D eigenvalue weighted by Gasteiger charge is -2.29. The molecular formula is C23H30N4O2. The van der Waals surface area contributed by atoms with Gasteiger partial charge in [0.2, 0.25) is 5.91 Å². The highest BCUT2D eigenvalue weighted by atomic mass is 16.2. The lowest BCUT2D eigenvalue weighted by molar-refractivity contribution is -0.127. The van der Waals surface area contributed by atoms with E-state index in [-0.39, 0.29) is 11.9 Å². The van der Waals surface area contributed by atoms with Crippen LogP contribution in [0, 0.1) is 0 Å². The number of hydrogen-bond donors (Lipinski definition) is 3. The van der Waals surface area contributed by atoms with Crippen LogP contribution in [-0.4, -0.2) is 31.6 Å². The summed E-state index contributed by atoms with van der Waals surface area (Å²) >= 11 is 0. The molecular weight excluding hydrogens is 364 g/mol. The van der Waals surface area contributed by atoms with Gasteiger partial charge in [0, 0.05) is 32.9 Å². The first kappa shape index (κ1) is 20.7. The quantitative estimate of drug-likeness (QED) is 0.675. The Labute approximate surface area is 172 Å². The van der Waals surface area contributed by atoms with Crippen LogP contribution in [-0.2, 0) is 17.9 Å². The Hall–Kier alpha value is -3.02. The van der Waals surface area contributed by atoms with E-state index >= 15 is 0 Å². The van der Waals surface area contributed by atoms with Crippen molar-refractivity contribution in [2.45, 2.75) is 44.3 Å². The predicted octanol–water partition coefficient (Wildman–Crippen LogP) is 3.18. The minimum atomic E-state index is -0.829. The van der Waals surface area contributed by atoms with Crippen LogP contribution in [0.5, 0.6) is 0 Å². The van der Waals surface area contributed by atoms with Gasteiger partial charge in [-0.2, -0.15) is 0 Å². The van der Waals surface area contributed by atoms with Gasteiger partial charge in [0.05, 0.1) is 0 Å². The fraction of sp³-hybridized carbons (Fsp3) is 0.391. The van der Waals surface area contributed by atoms with E-state index in [4.69, 9.17) is 0 Å². The van der Waals surface area contributed by atoms with Crippen molar-refractivity contribution < 1.29 is 9.59 Å². The molecule has 6 heteroatoms. The molecule has 1 aliphatic carbocycles. The smallest absolute Gasteiger partial charge is 0.315 e. The van der Waals surface area contributed by atoms with E-state index in [0.29, 0.717) is 25.9 Å². The second-order valence-electron chi connectivity index (χ2n) is 7.83. The van der Waals surface area contributed by atoms with Gasteiger partial charge in [-0.05, 0) is 36.1 Å². The Morgan fingerprint density at radius 3 is 2.07 bits per heavy atom. The number of carbonyl (C=O) groups excluding carboxylic acids is 2. The Bertz CT molecular complexity index is 813. The summed E-state index contributed by atoms with van der Waals surface area (Å²) in [6.45, 7) is 0.879. The molecule has 3 amide bonds. The van der Waals surface area contributed by atoms with Crippen molar-refractivity contribution in [1.29, 1.82) is 0 Å². The maximum absolute atomic E-state index is 13.0. The highest BCUT2D eigenvalue weighted by molar-refractivity contribution is 5.91. The molecule has 0 aliphatic heterocycles. The minimum Gasteiger partial charge on any atom is -0.378 e. The molecule has 3 N–H and O–H groups in total. The van der Waals surface area contributed by atoms with Gasteiger partial charge in [-0.25, -0.2) is 4.79 Å². The van der Waals surface area contributed by atoms with E-state index < -0.39 is 5.54 Å². The summed E-state index contributed by atoms with van der Waals surface area (Å²) in [5, 5.41) is 8.83. The number of rotatable bonds is 7. The normalized spacial score (nSPS) is 14.8. The number of urea groups is 1. The average Bonchev–Trinajstić information content (AvgIpc) is 3.21. The summed E-state index contributed by atoms with van der Waals surface area (Å²) in [6, 6.07) is 17.5. The zero-order chi connectivity index (χ0) is 20.7. The van der Waals surface area contributed by atoms with Gasteiger partial charge in [-0.15, -0.1) is 0 Å². The van der Waals surface area contributed by atoms with Crippen LogP contribution in [0.3, 0.4) is 0 Å². The molecule has 0 bridgehead atoms. The minimum absolute atomic E-state index is 0.110. The van der Waals surface area contributed by atoms with E-state index in [1.807, 2.05) is 73.6 Å². The average molecular weight is 395 g/mol. The van der Waals surface area contributed by atoms with Gasteiger partial charge in [0.15, 0.2) is 0 Å². The molecule has 29 heavy (non-hydrogen) atoms. The monoisotopic (exact) mass is 394 g/mol. The lowest BCUT2D eigenvalue weighted by Crippen LogP contribution is -2.59. The van der Waals surface area contributed by atoms with Gasteiger partial charge in [-0.3, -0.25) is 4.79 Å². The number of amides is 3. The Morgan fingerprint density at radius 2 is 1.45 bits per heavy atom. The topological polar surface area (TPSA) is 73.5 Å². The first-order valence-electron chi connectivity index (χ1n) is 10.1. The number of benzene rings is 2. The number of nitrogens with one attached hydrogen (secondary N) is 3. The van der Waals surface area contributed by atoms with Crippen LogP contribution in [0.2, 0.25) is 0 Å². The molecule has 1 aliphatic rings. The van der Waals surface area contributed by atoms with Crippen LogP contribution in [0.25, 0.3) is 0 Å². The third-order valence-corrected chi connectivity index (χ3v) is 5.45. The largest absolute Gasteiger partial charge is 0.378 e. The van der Waals surface area contributed by atoms with Gasteiger partial charge < -0.3 is 20.9 Å². The maximum Gasteiger partial charge on any atom is 0.315 e. The fourth-order valence-electron chi connectivity index (χ4n) is 3.69. The molecule has 0 heterocycles. The van der Waals surface area contributed by atoms with Crippen molar-refractivity contribution in [3.63, 3.8) is 0 Å². The van der Waals surface area contributed by atoms with Crippen molar-refractivity contribution in [3.05, 3.63) is 65.7 Å². The molecule has 0 atom stereocenters. The second kappa shape index (κ2) is 9.45. The first-order valence-corrected chi connectivity index (χ1v) is 10.1. The van der Waals surface area contributed by atoms with Crippen molar-refractivity contribution >= 4 is 17.6 Å². The maximum atomic E-state index is 13.0. The number of carbonyl (C=O) groups is 2.